The first-order valence-corrected chi connectivity index (χ1v) is 8.66. The standard InChI is InChI=1S/C19H13F3N2S/c20-19(21,22)14-6-3-5-13(11-14)12-25-18-17-9-4-10-24(17)16-8-2-1-7-15(16)23-18/h1-11H,12H2. The van der Waals surface area contributed by atoms with E-state index in [0.717, 1.165) is 27.6 Å². The smallest absolute Gasteiger partial charge is 0.313 e. The lowest BCUT2D eigenvalue weighted by molar-refractivity contribution is -0.137. The molecule has 2 aromatic heterocycles. The van der Waals surface area contributed by atoms with Gasteiger partial charge in [0.05, 0.1) is 22.1 Å². The molecule has 2 heterocycles. The molecule has 0 N–H and O–H groups in total. The predicted octanol–water partition coefficient (Wildman–Crippen LogP) is 5.80. The average molecular weight is 358 g/mol. The Morgan fingerprint density at radius 3 is 2.56 bits per heavy atom. The topological polar surface area (TPSA) is 17.3 Å². The van der Waals surface area contributed by atoms with E-state index in [-0.39, 0.29) is 0 Å². The Hall–Kier alpha value is -2.47. The molecule has 0 spiro atoms. The van der Waals surface area contributed by atoms with Gasteiger partial charge in [-0.05, 0) is 35.9 Å². The minimum absolute atomic E-state index is 0.427. The van der Waals surface area contributed by atoms with Crippen molar-refractivity contribution >= 4 is 28.3 Å². The van der Waals surface area contributed by atoms with E-state index in [0.29, 0.717) is 11.3 Å². The predicted molar refractivity (Wildman–Crippen MR) is 93.7 cm³/mol. The molecule has 0 fully saturated rings. The molecule has 0 radical (unpaired) electrons. The number of halogens is 3. The third kappa shape index (κ3) is 3.09. The number of rotatable bonds is 3. The summed E-state index contributed by atoms with van der Waals surface area (Å²) in [6, 6.07) is 17.2. The minimum atomic E-state index is -4.32. The fourth-order valence-corrected chi connectivity index (χ4v) is 3.75. The van der Waals surface area contributed by atoms with Crippen LogP contribution in [0, 0.1) is 0 Å². The van der Waals surface area contributed by atoms with Crippen molar-refractivity contribution in [2.45, 2.75) is 17.0 Å². The third-order valence-electron chi connectivity index (χ3n) is 3.96. The van der Waals surface area contributed by atoms with Gasteiger partial charge in [-0.3, -0.25) is 0 Å². The summed E-state index contributed by atoms with van der Waals surface area (Å²) in [5.41, 5.74) is 2.82. The molecule has 4 aromatic rings. The van der Waals surface area contributed by atoms with Gasteiger partial charge in [-0.15, -0.1) is 0 Å². The van der Waals surface area contributed by atoms with Crippen molar-refractivity contribution in [2.75, 3.05) is 0 Å². The summed E-state index contributed by atoms with van der Waals surface area (Å²) in [6.07, 6.45) is -2.36. The van der Waals surface area contributed by atoms with E-state index in [1.807, 2.05) is 42.6 Å². The second-order valence-corrected chi connectivity index (χ2v) is 6.62. The Morgan fingerprint density at radius 1 is 0.920 bits per heavy atom. The van der Waals surface area contributed by atoms with Crippen molar-refractivity contribution in [3.63, 3.8) is 0 Å². The van der Waals surface area contributed by atoms with E-state index < -0.39 is 11.7 Å². The molecule has 0 saturated carbocycles. The van der Waals surface area contributed by atoms with E-state index in [1.165, 1.54) is 23.9 Å². The molecule has 126 valence electrons. The first-order valence-electron chi connectivity index (χ1n) is 7.67. The number of nitrogens with zero attached hydrogens (tertiary/aromatic N) is 2. The van der Waals surface area contributed by atoms with Crippen LogP contribution in [0.2, 0.25) is 0 Å². The molecule has 0 bridgehead atoms. The fourth-order valence-electron chi connectivity index (χ4n) is 2.79. The maximum Gasteiger partial charge on any atom is 0.416 e. The maximum absolute atomic E-state index is 12.8. The van der Waals surface area contributed by atoms with Crippen molar-refractivity contribution in [3.8, 4) is 0 Å². The number of alkyl halides is 3. The highest BCUT2D eigenvalue weighted by molar-refractivity contribution is 7.98. The van der Waals surface area contributed by atoms with Crippen LogP contribution in [0.3, 0.4) is 0 Å². The molecular weight excluding hydrogens is 345 g/mol. The van der Waals surface area contributed by atoms with E-state index in [2.05, 4.69) is 9.38 Å². The molecule has 0 aliphatic rings. The van der Waals surface area contributed by atoms with Crippen LogP contribution in [-0.2, 0) is 11.9 Å². The first-order chi connectivity index (χ1) is 12.0. The van der Waals surface area contributed by atoms with Crippen LogP contribution >= 0.6 is 11.8 Å². The number of para-hydroxylation sites is 2. The highest BCUT2D eigenvalue weighted by Gasteiger charge is 2.30. The Kier molecular flexibility index (Phi) is 3.92. The fraction of sp³-hybridized carbons (Fsp3) is 0.105. The second-order valence-electron chi connectivity index (χ2n) is 5.66. The Bertz CT molecular complexity index is 1050. The van der Waals surface area contributed by atoms with E-state index in [4.69, 9.17) is 0 Å². The molecule has 6 heteroatoms. The van der Waals surface area contributed by atoms with Crippen molar-refractivity contribution < 1.29 is 13.2 Å². The van der Waals surface area contributed by atoms with Gasteiger partial charge in [-0.25, -0.2) is 4.98 Å². The third-order valence-corrected chi connectivity index (χ3v) is 5.01. The summed E-state index contributed by atoms with van der Waals surface area (Å²) in [5.74, 6) is 0.427. The van der Waals surface area contributed by atoms with Crippen LogP contribution < -0.4 is 0 Å². The zero-order chi connectivity index (χ0) is 17.4. The number of fused-ring (bicyclic) bond motifs is 3. The monoisotopic (exact) mass is 358 g/mol. The molecule has 25 heavy (non-hydrogen) atoms. The zero-order valence-electron chi connectivity index (χ0n) is 13.0. The van der Waals surface area contributed by atoms with Gasteiger partial charge in [0.2, 0.25) is 0 Å². The summed E-state index contributed by atoms with van der Waals surface area (Å²) in [7, 11) is 0. The van der Waals surface area contributed by atoms with Crippen LogP contribution in [0.25, 0.3) is 16.6 Å². The molecule has 2 aromatic carbocycles. The van der Waals surface area contributed by atoms with Gasteiger partial charge in [0, 0.05) is 11.9 Å². The van der Waals surface area contributed by atoms with Crippen molar-refractivity contribution in [1.29, 1.82) is 0 Å². The quantitative estimate of drug-likeness (QED) is 0.431. The number of hydrogen-bond donors (Lipinski definition) is 0. The minimum Gasteiger partial charge on any atom is -0.313 e. The van der Waals surface area contributed by atoms with Gasteiger partial charge < -0.3 is 4.40 Å². The summed E-state index contributed by atoms with van der Waals surface area (Å²) < 4.78 is 40.6. The van der Waals surface area contributed by atoms with E-state index in [9.17, 15) is 13.2 Å². The molecule has 0 atom stereocenters. The second kappa shape index (κ2) is 6.11. The van der Waals surface area contributed by atoms with E-state index >= 15 is 0 Å². The SMILES string of the molecule is FC(F)(F)c1cccc(CSc2nc3ccccc3n3cccc23)c1. The van der Waals surface area contributed by atoms with Crippen molar-refractivity contribution in [3.05, 3.63) is 78.0 Å². The molecule has 0 saturated heterocycles. The van der Waals surface area contributed by atoms with Crippen molar-refractivity contribution in [2.24, 2.45) is 0 Å². The molecule has 4 rings (SSSR count). The average Bonchev–Trinajstić information content (AvgIpc) is 3.09. The van der Waals surface area contributed by atoms with Gasteiger partial charge in [0.1, 0.15) is 5.03 Å². The zero-order valence-corrected chi connectivity index (χ0v) is 13.8. The first kappa shape index (κ1) is 16.0. The summed E-state index contributed by atoms with van der Waals surface area (Å²) in [5, 5.41) is 0.807. The Morgan fingerprint density at radius 2 is 1.72 bits per heavy atom. The summed E-state index contributed by atoms with van der Waals surface area (Å²) >= 11 is 1.44. The highest BCUT2D eigenvalue weighted by Crippen LogP contribution is 2.32. The molecule has 0 aliphatic carbocycles. The number of benzene rings is 2. The number of hydrogen-bond acceptors (Lipinski definition) is 2. The molecule has 2 nitrogen and oxygen atoms in total. The molecule has 0 aliphatic heterocycles. The molecule has 0 amide bonds. The number of thioether (sulfide) groups is 1. The van der Waals surface area contributed by atoms with Crippen LogP contribution in [0.4, 0.5) is 13.2 Å². The summed E-state index contributed by atoms with van der Waals surface area (Å²) in [4.78, 5) is 4.68. The Balaban J connectivity index is 1.68. The lowest BCUT2D eigenvalue weighted by atomic mass is 10.1. The molecule has 0 unspecified atom stereocenters. The van der Waals surface area contributed by atoms with Crippen molar-refractivity contribution in [1.82, 2.24) is 9.38 Å². The maximum atomic E-state index is 12.8. The van der Waals surface area contributed by atoms with Gasteiger partial charge in [-0.2, -0.15) is 13.2 Å². The van der Waals surface area contributed by atoms with Gasteiger partial charge in [-0.1, -0.05) is 42.1 Å². The summed E-state index contributed by atoms with van der Waals surface area (Å²) in [6.45, 7) is 0. The Labute approximate surface area is 146 Å². The van der Waals surface area contributed by atoms with Gasteiger partial charge in [0.15, 0.2) is 0 Å². The molecular formula is C19H13F3N2S. The largest absolute Gasteiger partial charge is 0.416 e. The van der Waals surface area contributed by atoms with Crippen LogP contribution in [0.15, 0.2) is 71.9 Å². The lowest BCUT2D eigenvalue weighted by Crippen LogP contribution is -2.05. The van der Waals surface area contributed by atoms with E-state index in [1.54, 1.807) is 6.07 Å². The van der Waals surface area contributed by atoms with Crippen LogP contribution in [-0.4, -0.2) is 9.38 Å². The van der Waals surface area contributed by atoms with Gasteiger partial charge >= 0.3 is 6.18 Å². The normalized spacial score (nSPS) is 12.1. The van der Waals surface area contributed by atoms with Gasteiger partial charge in [0.25, 0.3) is 0 Å². The highest BCUT2D eigenvalue weighted by atomic mass is 32.2. The number of aromatic nitrogens is 2. The van der Waals surface area contributed by atoms with Crippen LogP contribution in [0.1, 0.15) is 11.1 Å². The lowest BCUT2D eigenvalue weighted by Gasteiger charge is -2.10. The van der Waals surface area contributed by atoms with Crippen LogP contribution in [0.5, 0.6) is 0 Å².